The van der Waals surface area contributed by atoms with Crippen LogP contribution in [0.25, 0.3) is 21.3 Å². The van der Waals surface area contributed by atoms with E-state index in [-0.39, 0.29) is 16.5 Å². The van der Waals surface area contributed by atoms with E-state index in [4.69, 9.17) is 5.14 Å². The standard InChI is InChI=1S/C27H25F3N4O6S3/c1-16(35)33-21-9-4-18(5-10-21)19-6-11-22-23(14-19)41-26(34-22)24(25(36)32-12-13-43(31,39)40)42(37,38)15-17-2-7-20(8-3-17)27(28,29)30/h2-11,14,24H,12-13,15H2,1H3,(H,32,36)(H,33,35)(H2,31,39,40). The number of fused-ring (bicyclic) bond motifs is 1. The zero-order chi connectivity index (χ0) is 31.6. The van der Waals surface area contributed by atoms with Crippen LogP contribution in [0.4, 0.5) is 18.9 Å². The van der Waals surface area contributed by atoms with Crippen molar-refractivity contribution < 1.29 is 39.6 Å². The van der Waals surface area contributed by atoms with Crippen LogP contribution in [0.5, 0.6) is 0 Å². The van der Waals surface area contributed by atoms with Gasteiger partial charge in [-0.15, -0.1) is 11.3 Å². The van der Waals surface area contributed by atoms with Crippen LogP contribution in [-0.4, -0.2) is 45.9 Å². The highest BCUT2D eigenvalue weighted by Crippen LogP contribution is 2.36. The molecule has 16 heteroatoms. The molecule has 3 aromatic carbocycles. The largest absolute Gasteiger partial charge is 0.416 e. The molecular formula is C27H25F3N4O6S3. The lowest BCUT2D eigenvalue weighted by Crippen LogP contribution is -2.37. The molecule has 0 saturated heterocycles. The average Bonchev–Trinajstić information content (AvgIpc) is 3.30. The summed E-state index contributed by atoms with van der Waals surface area (Å²) in [7, 11) is -8.39. The van der Waals surface area contributed by atoms with E-state index < -0.39 is 60.8 Å². The number of hydrogen-bond acceptors (Lipinski definition) is 8. The van der Waals surface area contributed by atoms with E-state index in [0.29, 0.717) is 15.9 Å². The summed E-state index contributed by atoms with van der Waals surface area (Å²) in [5.74, 6) is -2.69. The van der Waals surface area contributed by atoms with Crippen molar-refractivity contribution in [3.8, 4) is 11.1 Å². The zero-order valence-electron chi connectivity index (χ0n) is 22.4. The van der Waals surface area contributed by atoms with Crippen molar-refractivity contribution in [2.24, 2.45) is 5.14 Å². The Morgan fingerprint density at radius 3 is 2.16 bits per heavy atom. The normalized spacial score (nSPS) is 13.0. The summed E-state index contributed by atoms with van der Waals surface area (Å²) in [6.07, 6.45) is -4.61. The molecule has 1 heterocycles. The molecule has 1 unspecified atom stereocenters. The summed E-state index contributed by atoms with van der Waals surface area (Å²) in [4.78, 5) is 28.8. The molecule has 1 atom stereocenters. The van der Waals surface area contributed by atoms with Crippen LogP contribution in [0.15, 0.2) is 66.7 Å². The fraction of sp³-hybridized carbons (Fsp3) is 0.222. The van der Waals surface area contributed by atoms with Gasteiger partial charge in [-0.3, -0.25) is 9.59 Å². The van der Waals surface area contributed by atoms with Crippen LogP contribution < -0.4 is 15.8 Å². The minimum absolute atomic E-state index is 0.0152. The fourth-order valence-electron chi connectivity index (χ4n) is 4.13. The Bertz CT molecular complexity index is 1870. The van der Waals surface area contributed by atoms with Gasteiger partial charge in [0.15, 0.2) is 15.1 Å². The van der Waals surface area contributed by atoms with E-state index in [2.05, 4.69) is 15.6 Å². The second kappa shape index (κ2) is 12.4. The molecule has 0 aliphatic carbocycles. The number of nitrogens with one attached hydrogen (secondary N) is 2. The Morgan fingerprint density at radius 1 is 0.953 bits per heavy atom. The molecule has 2 amide bonds. The van der Waals surface area contributed by atoms with Gasteiger partial charge in [-0.1, -0.05) is 30.3 Å². The fourth-order valence-corrected chi connectivity index (χ4v) is 7.68. The summed E-state index contributed by atoms with van der Waals surface area (Å²) in [5, 5.41) is 7.93. The molecule has 4 aromatic rings. The number of carbonyl (C=O) groups is 2. The monoisotopic (exact) mass is 654 g/mol. The van der Waals surface area contributed by atoms with E-state index in [0.717, 1.165) is 46.7 Å². The molecule has 0 saturated carbocycles. The lowest BCUT2D eigenvalue weighted by molar-refractivity contribution is -0.137. The van der Waals surface area contributed by atoms with Crippen LogP contribution in [0, 0.1) is 0 Å². The number of thiazole rings is 1. The maximum absolute atomic E-state index is 13.6. The number of benzene rings is 3. The number of aromatic nitrogens is 1. The van der Waals surface area contributed by atoms with Gasteiger partial charge in [0.2, 0.25) is 21.8 Å². The number of anilines is 1. The Balaban J connectivity index is 1.68. The zero-order valence-corrected chi connectivity index (χ0v) is 24.8. The maximum Gasteiger partial charge on any atom is 0.416 e. The third-order valence-electron chi connectivity index (χ3n) is 6.10. The van der Waals surface area contributed by atoms with Crippen molar-refractivity contribution in [3.05, 3.63) is 82.9 Å². The predicted octanol–water partition coefficient (Wildman–Crippen LogP) is 4.00. The third kappa shape index (κ3) is 8.37. The number of carbonyl (C=O) groups excluding carboxylic acids is 2. The molecule has 0 fully saturated rings. The molecule has 0 aliphatic rings. The number of hydrogen-bond donors (Lipinski definition) is 3. The Morgan fingerprint density at radius 2 is 1.58 bits per heavy atom. The summed E-state index contributed by atoms with van der Waals surface area (Å²) in [6, 6.07) is 15.7. The maximum atomic E-state index is 13.6. The van der Waals surface area contributed by atoms with Gasteiger partial charge in [0.25, 0.3) is 0 Å². The second-order valence-electron chi connectivity index (χ2n) is 9.53. The van der Waals surface area contributed by atoms with E-state index in [9.17, 15) is 39.6 Å². The quantitative estimate of drug-likeness (QED) is 0.233. The van der Waals surface area contributed by atoms with Gasteiger partial charge in [0.1, 0.15) is 5.01 Å². The topological polar surface area (TPSA) is 165 Å². The first-order valence-electron chi connectivity index (χ1n) is 12.5. The van der Waals surface area contributed by atoms with E-state index >= 15 is 0 Å². The molecule has 1 aromatic heterocycles. The minimum Gasteiger partial charge on any atom is -0.354 e. The lowest BCUT2D eigenvalue weighted by atomic mass is 10.1. The molecular weight excluding hydrogens is 630 g/mol. The third-order valence-corrected chi connectivity index (χ3v) is 10.00. The molecule has 10 nitrogen and oxygen atoms in total. The van der Waals surface area contributed by atoms with E-state index in [1.807, 2.05) is 0 Å². The van der Waals surface area contributed by atoms with Gasteiger partial charge in [-0.05, 0) is 53.1 Å². The van der Waals surface area contributed by atoms with Gasteiger partial charge in [-0.2, -0.15) is 13.2 Å². The highest BCUT2D eigenvalue weighted by Gasteiger charge is 2.37. The van der Waals surface area contributed by atoms with Gasteiger partial charge in [0.05, 0.1) is 27.3 Å². The Hall–Kier alpha value is -3.86. The molecule has 0 spiro atoms. The molecule has 0 aliphatic heterocycles. The van der Waals surface area contributed by atoms with Crippen LogP contribution in [-0.2, 0) is 41.4 Å². The van der Waals surface area contributed by atoms with Crippen LogP contribution in [0.1, 0.15) is 28.3 Å². The van der Waals surface area contributed by atoms with Crippen molar-refractivity contribution in [2.45, 2.75) is 24.1 Å². The second-order valence-corrected chi connectivity index (χ2v) is 14.4. The first-order chi connectivity index (χ1) is 20.0. The average molecular weight is 655 g/mol. The minimum atomic E-state index is -4.61. The number of nitrogens with zero attached hydrogens (tertiary/aromatic N) is 1. The lowest BCUT2D eigenvalue weighted by Gasteiger charge is -2.16. The van der Waals surface area contributed by atoms with Crippen molar-refractivity contribution >= 4 is 58.9 Å². The summed E-state index contributed by atoms with van der Waals surface area (Å²) in [5.41, 5.74) is 1.59. The van der Waals surface area contributed by atoms with Crippen molar-refractivity contribution in [1.82, 2.24) is 10.3 Å². The summed E-state index contributed by atoms with van der Waals surface area (Å²) >= 11 is 0.937. The SMILES string of the molecule is CC(=O)Nc1ccc(-c2ccc3nc(C(C(=O)NCCS(N)(=O)=O)S(=O)(=O)Cc4ccc(C(F)(F)F)cc4)sc3c2)cc1. The van der Waals surface area contributed by atoms with E-state index in [1.54, 1.807) is 42.5 Å². The first kappa shape index (κ1) is 32.1. The number of nitrogens with two attached hydrogens (primary N) is 1. The summed E-state index contributed by atoms with van der Waals surface area (Å²) < 4.78 is 89.2. The number of amides is 2. The molecule has 4 N–H and O–H groups in total. The van der Waals surface area contributed by atoms with Crippen molar-refractivity contribution in [2.75, 3.05) is 17.6 Å². The van der Waals surface area contributed by atoms with Crippen LogP contribution in [0.2, 0.25) is 0 Å². The van der Waals surface area contributed by atoms with Crippen LogP contribution >= 0.6 is 11.3 Å². The molecule has 0 bridgehead atoms. The molecule has 228 valence electrons. The Labute approximate surface area is 249 Å². The van der Waals surface area contributed by atoms with Gasteiger partial charge >= 0.3 is 6.18 Å². The number of sulfone groups is 1. The predicted molar refractivity (Wildman–Crippen MR) is 157 cm³/mol. The highest BCUT2D eigenvalue weighted by atomic mass is 32.2. The first-order valence-corrected chi connectivity index (χ1v) is 16.7. The van der Waals surface area contributed by atoms with Gasteiger partial charge in [0, 0.05) is 19.2 Å². The van der Waals surface area contributed by atoms with Crippen molar-refractivity contribution in [3.63, 3.8) is 0 Å². The smallest absolute Gasteiger partial charge is 0.354 e. The Kier molecular flexibility index (Phi) is 9.24. The molecule has 43 heavy (non-hydrogen) atoms. The molecule has 4 rings (SSSR count). The number of rotatable bonds is 10. The highest BCUT2D eigenvalue weighted by molar-refractivity contribution is 7.91. The van der Waals surface area contributed by atoms with Crippen molar-refractivity contribution in [1.29, 1.82) is 0 Å². The van der Waals surface area contributed by atoms with Gasteiger partial charge < -0.3 is 10.6 Å². The number of halogens is 3. The van der Waals surface area contributed by atoms with Gasteiger partial charge in [-0.25, -0.2) is 27.0 Å². The number of primary sulfonamides is 1. The summed E-state index contributed by atoms with van der Waals surface area (Å²) in [6.45, 7) is 0.925. The number of sulfonamides is 1. The molecule has 0 radical (unpaired) electrons. The number of alkyl halides is 3. The van der Waals surface area contributed by atoms with E-state index in [1.165, 1.54) is 6.92 Å². The van der Waals surface area contributed by atoms with Crippen LogP contribution in [0.3, 0.4) is 0 Å².